The summed E-state index contributed by atoms with van der Waals surface area (Å²) in [6.07, 6.45) is 1.44. The summed E-state index contributed by atoms with van der Waals surface area (Å²) in [6.45, 7) is 3.31. The molecule has 0 saturated heterocycles. The van der Waals surface area contributed by atoms with Crippen LogP contribution in [0.15, 0.2) is 54.6 Å². The number of nitrogens with zero attached hydrogens (tertiary/aromatic N) is 1. The summed E-state index contributed by atoms with van der Waals surface area (Å²) in [7, 11) is 1.66. The van der Waals surface area contributed by atoms with Gasteiger partial charge in [-0.1, -0.05) is 31.2 Å². The molecule has 1 N–H and O–H groups in total. The van der Waals surface area contributed by atoms with E-state index >= 15 is 0 Å². The smallest absolute Gasteiger partial charge is 0.220 e. The monoisotopic (exact) mass is 312 g/mol. The Hall–Kier alpha value is -2.49. The molecule has 122 valence electrons. The molecular weight excluding hydrogens is 288 g/mol. The molecule has 4 nitrogen and oxygen atoms in total. The molecule has 2 rings (SSSR count). The zero-order chi connectivity index (χ0) is 16.5. The van der Waals surface area contributed by atoms with Crippen molar-refractivity contribution in [3.63, 3.8) is 0 Å². The Bertz CT molecular complexity index is 614. The lowest BCUT2D eigenvalue weighted by Crippen LogP contribution is -2.32. The van der Waals surface area contributed by atoms with Crippen LogP contribution in [0.25, 0.3) is 0 Å². The molecule has 0 aliphatic carbocycles. The third-order valence-electron chi connectivity index (χ3n) is 3.57. The Balaban J connectivity index is 2.14. The van der Waals surface area contributed by atoms with Crippen LogP contribution in [0, 0.1) is 0 Å². The predicted molar refractivity (Wildman–Crippen MR) is 94.4 cm³/mol. The Kier molecular flexibility index (Phi) is 6.48. The normalized spacial score (nSPS) is 10.2. The van der Waals surface area contributed by atoms with Crippen LogP contribution in [-0.4, -0.2) is 26.1 Å². The van der Waals surface area contributed by atoms with Gasteiger partial charge < -0.3 is 15.0 Å². The standard InChI is InChI=1S/C19H24N2O2/c1-3-8-19(22)20-13-14-21(16-9-5-4-6-10-16)17-11-7-12-18(15-17)23-2/h4-7,9-12,15H,3,8,13-14H2,1-2H3,(H,20,22). The highest BCUT2D eigenvalue weighted by molar-refractivity contribution is 5.76. The molecule has 0 fully saturated rings. The fourth-order valence-corrected chi connectivity index (χ4v) is 2.42. The number of benzene rings is 2. The molecule has 0 spiro atoms. The summed E-state index contributed by atoms with van der Waals surface area (Å²) in [6, 6.07) is 18.1. The molecule has 0 saturated carbocycles. The van der Waals surface area contributed by atoms with E-state index in [-0.39, 0.29) is 5.91 Å². The summed E-state index contributed by atoms with van der Waals surface area (Å²) >= 11 is 0. The highest BCUT2D eigenvalue weighted by atomic mass is 16.5. The van der Waals surface area contributed by atoms with E-state index in [1.807, 2.05) is 49.4 Å². The number of hydrogen-bond acceptors (Lipinski definition) is 3. The molecule has 0 heterocycles. The summed E-state index contributed by atoms with van der Waals surface area (Å²) in [5.74, 6) is 0.921. The quantitative estimate of drug-likeness (QED) is 0.807. The van der Waals surface area contributed by atoms with Crippen LogP contribution in [0.4, 0.5) is 11.4 Å². The lowest BCUT2D eigenvalue weighted by molar-refractivity contribution is -0.121. The van der Waals surface area contributed by atoms with Crippen LogP contribution < -0.4 is 15.0 Å². The number of carbonyl (C=O) groups excluding carboxylic acids is 1. The van der Waals surface area contributed by atoms with Crippen molar-refractivity contribution < 1.29 is 9.53 Å². The second kappa shape index (κ2) is 8.83. The van der Waals surface area contributed by atoms with Crippen molar-refractivity contribution >= 4 is 17.3 Å². The number of para-hydroxylation sites is 1. The fraction of sp³-hybridized carbons (Fsp3) is 0.316. The molecule has 4 heteroatoms. The van der Waals surface area contributed by atoms with Gasteiger partial charge in [0.15, 0.2) is 0 Å². The first-order valence-corrected chi connectivity index (χ1v) is 7.98. The number of rotatable bonds is 8. The van der Waals surface area contributed by atoms with Crippen LogP contribution in [0.2, 0.25) is 0 Å². The van der Waals surface area contributed by atoms with Gasteiger partial charge in [0, 0.05) is 37.0 Å². The van der Waals surface area contributed by atoms with Gasteiger partial charge in [0.25, 0.3) is 0 Å². The van der Waals surface area contributed by atoms with E-state index in [4.69, 9.17) is 4.74 Å². The van der Waals surface area contributed by atoms with E-state index < -0.39 is 0 Å². The van der Waals surface area contributed by atoms with Crippen molar-refractivity contribution in [2.75, 3.05) is 25.1 Å². The second-order valence-electron chi connectivity index (χ2n) is 5.29. The van der Waals surface area contributed by atoms with E-state index in [2.05, 4.69) is 22.3 Å². The SMILES string of the molecule is CCCC(=O)NCCN(c1ccccc1)c1cccc(OC)c1. The molecule has 0 aliphatic rings. The Morgan fingerprint density at radius 2 is 1.83 bits per heavy atom. The number of anilines is 2. The molecule has 0 atom stereocenters. The predicted octanol–water partition coefficient (Wildman–Crippen LogP) is 3.75. The van der Waals surface area contributed by atoms with Crippen LogP contribution in [0.3, 0.4) is 0 Å². The van der Waals surface area contributed by atoms with Crippen molar-refractivity contribution in [3.8, 4) is 5.75 Å². The van der Waals surface area contributed by atoms with Crippen LogP contribution in [-0.2, 0) is 4.79 Å². The van der Waals surface area contributed by atoms with Crippen molar-refractivity contribution in [3.05, 3.63) is 54.6 Å². The lowest BCUT2D eigenvalue weighted by Gasteiger charge is -2.25. The molecule has 1 amide bonds. The van der Waals surface area contributed by atoms with Crippen LogP contribution >= 0.6 is 0 Å². The van der Waals surface area contributed by atoms with E-state index in [0.29, 0.717) is 19.5 Å². The first-order valence-electron chi connectivity index (χ1n) is 7.98. The number of methoxy groups -OCH3 is 1. The minimum Gasteiger partial charge on any atom is -0.497 e. The van der Waals surface area contributed by atoms with Gasteiger partial charge in [0.2, 0.25) is 5.91 Å². The molecule has 0 unspecified atom stereocenters. The van der Waals surface area contributed by atoms with Crippen molar-refractivity contribution in [2.24, 2.45) is 0 Å². The Morgan fingerprint density at radius 1 is 1.09 bits per heavy atom. The molecule has 0 aromatic heterocycles. The third-order valence-corrected chi connectivity index (χ3v) is 3.57. The average molecular weight is 312 g/mol. The zero-order valence-corrected chi connectivity index (χ0v) is 13.8. The minimum atomic E-state index is 0.103. The number of amides is 1. The van der Waals surface area contributed by atoms with Crippen LogP contribution in [0.1, 0.15) is 19.8 Å². The van der Waals surface area contributed by atoms with E-state index in [1.54, 1.807) is 7.11 Å². The van der Waals surface area contributed by atoms with E-state index in [1.165, 1.54) is 0 Å². The second-order valence-corrected chi connectivity index (χ2v) is 5.29. The molecular formula is C19H24N2O2. The first-order chi connectivity index (χ1) is 11.2. The topological polar surface area (TPSA) is 41.6 Å². The van der Waals surface area contributed by atoms with Crippen molar-refractivity contribution in [1.82, 2.24) is 5.32 Å². The highest BCUT2D eigenvalue weighted by Gasteiger charge is 2.10. The van der Waals surface area contributed by atoms with Gasteiger partial charge in [0.1, 0.15) is 5.75 Å². The molecule has 2 aromatic rings. The fourth-order valence-electron chi connectivity index (χ4n) is 2.42. The summed E-state index contributed by atoms with van der Waals surface area (Å²) in [5, 5.41) is 2.97. The molecule has 0 bridgehead atoms. The number of hydrogen-bond donors (Lipinski definition) is 1. The van der Waals surface area contributed by atoms with Gasteiger partial charge >= 0.3 is 0 Å². The van der Waals surface area contributed by atoms with Crippen molar-refractivity contribution in [2.45, 2.75) is 19.8 Å². The average Bonchev–Trinajstić information content (AvgIpc) is 2.60. The zero-order valence-electron chi connectivity index (χ0n) is 13.8. The van der Waals surface area contributed by atoms with Gasteiger partial charge in [-0.2, -0.15) is 0 Å². The number of nitrogens with one attached hydrogen (secondary N) is 1. The number of ether oxygens (including phenoxy) is 1. The third kappa shape index (κ3) is 5.02. The largest absolute Gasteiger partial charge is 0.497 e. The first kappa shape index (κ1) is 16.9. The van der Waals surface area contributed by atoms with E-state index in [0.717, 1.165) is 23.5 Å². The highest BCUT2D eigenvalue weighted by Crippen LogP contribution is 2.27. The van der Waals surface area contributed by atoms with Gasteiger partial charge in [-0.15, -0.1) is 0 Å². The number of carbonyl (C=O) groups is 1. The summed E-state index contributed by atoms with van der Waals surface area (Å²) in [5.41, 5.74) is 2.13. The van der Waals surface area contributed by atoms with Crippen molar-refractivity contribution in [1.29, 1.82) is 0 Å². The van der Waals surface area contributed by atoms with Gasteiger partial charge in [-0.05, 0) is 30.7 Å². The molecule has 0 aliphatic heterocycles. The molecule has 2 aromatic carbocycles. The van der Waals surface area contributed by atoms with Crippen LogP contribution in [0.5, 0.6) is 5.75 Å². The minimum absolute atomic E-state index is 0.103. The Morgan fingerprint density at radius 3 is 2.52 bits per heavy atom. The summed E-state index contributed by atoms with van der Waals surface area (Å²) < 4.78 is 5.32. The molecule has 0 radical (unpaired) electrons. The lowest BCUT2D eigenvalue weighted by atomic mass is 10.2. The Labute approximate surface area is 138 Å². The molecule has 23 heavy (non-hydrogen) atoms. The summed E-state index contributed by atoms with van der Waals surface area (Å²) in [4.78, 5) is 13.8. The van der Waals surface area contributed by atoms with Gasteiger partial charge in [-0.3, -0.25) is 4.79 Å². The maximum atomic E-state index is 11.6. The van der Waals surface area contributed by atoms with E-state index in [9.17, 15) is 4.79 Å². The maximum Gasteiger partial charge on any atom is 0.220 e. The van der Waals surface area contributed by atoms with Gasteiger partial charge in [0.05, 0.1) is 7.11 Å². The maximum absolute atomic E-state index is 11.6. The van der Waals surface area contributed by atoms with Gasteiger partial charge in [-0.25, -0.2) is 0 Å².